The lowest BCUT2D eigenvalue weighted by Crippen LogP contribution is -2.31. The smallest absolute Gasteiger partial charge is 0.339 e. The van der Waals surface area contributed by atoms with Crippen LogP contribution in [-0.2, 0) is 26.9 Å². The number of carbonyl (C=O) groups is 2. The van der Waals surface area contributed by atoms with Crippen molar-refractivity contribution in [2.75, 3.05) is 19.9 Å². The molecular weight excluding hydrogens is 362 g/mol. The summed E-state index contributed by atoms with van der Waals surface area (Å²) in [5.41, 5.74) is 1.12. The molecule has 132 valence electrons. The molecule has 25 heavy (non-hydrogen) atoms. The van der Waals surface area contributed by atoms with Gasteiger partial charge in [0.05, 0.1) is 21.3 Å². The molecule has 0 aliphatic heterocycles. The van der Waals surface area contributed by atoms with E-state index in [2.05, 4.69) is 0 Å². The predicted molar refractivity (Wildman–Crippen MR) is 97.0 cm³/mol. The van der Waals surface area contributed by atoms with Crippen LogP contribution in [0.4, 0.5) is 0 Å². The molecule has 0 unspecified atom stereocenters. The van der Waals surface area contributed by atoms with Gasteiger partial charge in [0.25, 0.3) is 5.91 Å². The number of rotatable bonds is 6. The largest absolute Gasteiger partial charge is 0.452 e. The van der Waals surface area contributed by atoms with Crippen molar-refractivity contribution in [2.45, 2.75) is 11.4 Å². The van der Waals surface area contributed by atoms with Gasteiger partial charge in [-0.15, -0.1) is 0 Å². The molecule has 0 bridgehead atoms. The average Bonchev–Trinajstić information content (AvgIpc) is 2.61. The molecule has 0 N–H and O–H groups in total. The van der Waals surface area contributed by atoms with Gasteiger partial charge in [0.1, 0.15) is 0 Å². The molecule has 7 heteroatoms. The number of hydrogen-bond acceptors (Lipinski definition) is 4. The summed E-state index contributed by atoms with van der Waals surface area (Å²) in [5, 5.41) is 0.624. The van der Waals surface area contributed by atoms with Gasteiger partial charge in [0.15, 0.2) is 6.61 Å². The zero-order valence-electron chi connectivity index (χ0n) is 13.9. The first kappa shape index (κ1) is 19.1. The maximum atomic E-state index is 12.2. The number of esters is 1. The highest BCUT2D eigenvalue weighted by atomic mass is 35.5. The Morgan fingerprint density at radius 1 is 1.12 bits per heavy atom. The zero-order valence-corrected chi connectivity index (χ0v) is 15.5. The Labute approximate surface area is 154 Å². The molecule has 0 heterocycles. The number of ether oxygens (including phenoxy) is 1. The fourth-order valence-corrected chi connectivity index (χ4v) is 3.01. The zero-order chi connectivity index (χ0) is 18.4. The minimum absolute atomic E-state index is 0.205. The van der Waals surface area contributed by atoms with Crippen LogP contribution in [0.3, 0.4) is 0 Å². The van der Waals surface area contributed by atoms with Gasteiger partial charge in [-0.05, 0) is 29.8 Å². The molecule has 0 aromatic heterocycles. The molecular formula is C18H18ClNO4S. The summed E-state index contributed by atoms with van der Waals surface area (Å²) in [6, 6.07) is 13.6. The molecule has 0 saturated carbocycles. The lowest BCUT2D eigenvalue weighted by molar-refractivity contribution is -0.133. The second-order valence-electron chi connectivity index (χ2n) is 5.40. The lowest BCUT2D eigenvalue weighted by atomic mass is 10.2. The minimum Gasteiger partial charge on any atom is -0.452 e. The van der Waals surface area contributed by atoms with Crippen molar-refractivity contribution in [3.63, 3.8) is 0 Å². The molecule has 0 aliphatic rings. The average molecular weight is 380 g/mol. The van der Waals surface area contributed by atoms with Crippen molar-refractivity contribution in [2.24, 2.45) is 0 Å². The van der Waals surface area contributed by atoms with Gasteiger partial charge in [0.2, 0.25) is 0 Å². The standard InChI is InChI=1S/C18H18ClNO4S/c1-20(11-13-7-9-14(19)10-8-13)17(21)12-24-18(22)15-5-3-4-6-16(15)25(2)23/h3-10H,11-12H2,1-2H3/t25-/m0/s1. The molecule has 0 fully saturated rings. The summed E-state index contributed by atoms with van der Waals surface area (Å²) in [6.45, 7) is -0.00325. The molecule has 0 spiro atoms. The highest BCUT2D eigenvalue weighted by Crippen LogP contribution is 2.14. The van der Waals surface area contributed by atoms with Crippen LogP contribution in [0.1, 0.15) is 15.9 Å². The summed E-state index contributed by atoms with van der Waals surface area (Å²) in [7, 11) is 0.305. The van der Waals surface area contributed by atoms with Gasteiger partial charge in [0, 0.05) is 24.9 Å². The summed E-state index contributed by atoms with van der Waals surface area (Å²) in [6.07, 6.45) is 1.48. The van der Waals surface area contributed by atoms with Crippen molar-refractivity contribution in [3.05, 3.63) is 64.7 Å². The second kappa shape index (κ2) is 8.78. The molecule has 5 nitrogen and oxygen atoms in total. The Kier molecular flexibility index (Phi) is 6.73. The van der Waals surface area contributed by atoms with Gasteiger partial charge in [-0.2, -0.15) is 0 Å². The van der Waals surface area contributed by atoms with E-state index in [1.165, 1.54) is 17.2 Å². The number of amides is 1. The van der Waals surface area contributed by atoms with Crippen molar-refractivity contribution >= 4 is 34.3 Å². The Balaban J connectivity index is 1.94. The van der Waals surface area contributed by atoms with E-state index in [4.69, 9.17) is 16.3 Å². The van der Waals surface area contributed by atoms with Crippen molar-refractivity contribution in [1.82, 2.24) is 4.90 Å². The first-order chi connectivity index (χ1) is 11.9. The summed E-state index contributed by atoms with van der Waals surface area (Å²) >= 11 is 5.83. The van der Waals surface area contributed by atoms with E-state index in [1.54, 1.807) is 37.4 Å². The minimum atomic E-state index is -1.32. The summed E-state index contributed by atoms with van der Waals surface area (Å²) in [4.78, 5) is 26.1. The number of carbonyl (C=O) groups excluding carboxylic acids is 2. The second-order valence-corrected chi connectivity index (χ2v) is 7.19. The van der Waals surface area contributed by atoms with Crippen LogP contribution < -0.4 is 0 Å². The van der Waals surface area contributed by atoms with E-state index in [0.29, 0.717) is 16.5 Å². The number of halogens is 1. The Morgan fingerprint density at radius 2 is 1.76 bits per heavy atom. The van der Waals surface area contributed by atoms with E-state index < -0.39 is 16.8 Å². The van der Waals surface area contributed by atoms with Crippen molar-refractivity contribution in [1.29, 1.82) is 0 Å². The topological polar surface area (TPSA) is 63.7 Å². The molecule has 0 radical (unpaired) electrons. The van der Waals surface area contributed by atoms with Crippen molar-refractivity contribution < 1.29 is 18.5 Å². The van der Waals surface area contributed by atoms with Crippen LogP contribution in [0, 0.1) is 0 Å². The maximum absolute atomic E-state index is 12.2. The third-order valence-corrected chi connectivity index (χ3v) is 4.73. The fraction of sp³-hybridized carbons (Fsp3) is 0.222. The molecule has 1 amide bonds. The lowest BCUT2D eigenvalue weighted by Gasteiger charge is -2.17. The van der Waals surface area contributed by atoms with Crippen LogP contribution in [0.25, 0.3) is 0 Å². The summed E-state index contributed by atoms with van der Waals surface area (Å²) < 4.78 is 16.7. The van der Waals surface area contributed by atoms with Crippen LogP contribution in [0.5, 0.6) is 0 Å². The molecule has 0 saturated heterocycles. The van der Waals surface area contributed by atoms with Crippen LogP contribution in [0.2, 0.25) is 5.02 Å². The molecule has 2 aromatic carbocycles. The SMILES string of the molecule is CN(Cc1ccc(Cl)cc1)C(=O)COC(=O)c1ccccc1[S@](C)=O. The Bertz CT molecular complexity index is 792. The molecule has 2 aromatic rings. The van der Waals surface area contributed by atoms with E-state index >= 15 is 0 Å². The highest BCUT2D eigenvalue weighted by molar-refractivity contribution is 7.84. The predicted octanol–water partition coefficient (Wildman–Crippen LogP) is 2.89. The van der Waals surface area contributed by atoms with Crippen LogP contribution in [0.15, 0.2) is 53.4 Å². The highest BCUT2D eigenvalue weighted by Gasteiger charge is 2.17. The van der Waals surface area contributed by atoms with Gasteiger partial charge in [-0.1, -0.05) is 35.9 Å². The third kappa shape index (κ3) is 5.41. The van der Waals surface area contributed by atoms with Gasteiger partial charge >= 0.3 is 5.97 Å². The number of nitrogens with zero attached hydrogens (tertiary/aromatic N) is 1. The number of likely N-dealkylation sites (N-methyl/N-ethyl adjacent to an activating group) is 1. The van der Waals surface area contributed by atoms with E-state index in [-0.39, 0.29) is 18.1 Å². The summed E-state index contributed by atoms with van der Waals surface area (Å²) in [5.74, 6) is -1.00. The monoisotopic (exact) mass is 379 g/mol. The third-order valence-electron chi connectivity index (χ3n) is 3.50. The maximum Gasteiger partial charge on any atom is 0.339 e. The van der Waals surface area contributed by atoms with Gasteiger partial charge in [-0.25, -0.2) is 4.79 Å². The van der Waals surface area contributed by atoms with E-state index in [1.807, 2.05) is 12.1 Å². The fourth-order valence-electron chi connectivity index (χ4n) is 2.15. The quantitative estimate of drug-likeness (QED) is 0.724. The van der Waals surface area contributed by atoms with Crippen LogP contribution in [-0.4, -0.2) is 40.9 Å². The Morgan fingerprint density at radius 3 is 2.40 bits per heavy atom. The first-order valence-electron chi connectivity index (χ1n) is 7.46. The van der Waals surface area contributed by atoms with Crippen molar-refractivity contribution in [3.8, 4) is 0 Å². The molecule has 1 atom stereocenters. The number of hydrogen-bond donors (Lipinski definition) is 0. The normalized spacial score (nSPS) is 11.6. The van der Waals surface area contributed by atoms with Crippen LogP contribution >= 0.6 is 11.6 Å². The Hall–Kier alpha value is -2.18. The van der Waals surface area contributed by atoms with Gasteiger partial charge in [-0.3, -0.25) is 9.00 Å². The van der Waals surface area contributed by atoms with Gasteiger partial charge < -0.3 is 9.64 Å². The number of benzene rings is 2. The molecule has 2 rings (SSSR count). The van der Waals surface area contributed by atoms with E-state index in [9.17, 15) is 13.8 Å². The molecule has 0 aliphatic carbocycles. The van der Waals surface area contributed by atoms with E-state index in [0.717, 1.165) is 5.56 Å². The first-order valence-corrected chi connectivity index (χ1v) is 9.40.